The summed E-state index contributed by atoms with van der Waals surface area (Å²) in [7, 11) is 0. The van der Waals surface area contributed by atoms with Gasteiger partial charge >= 0.3 is 12.2 Å². The maximum Gasteiger partial charge on any atom is 0.402 e. The molecule has 11 heteroatoms. The first kappa shape index (κ1) is 29.2. The zero-order chi connectivity index (χ0) is 28.3. The zero-order valence-electron chi connectivity index (χ0n) is 21.8. The molecule has 3 aromatic rings. The molecular weight excluding hydrogens is 521 g/mol. The maximum atomic E-state index is 13.1. The van der Waals surface area contributed by atoms with Crippen LogP contribution in [-0.2, 0) is 11.2 Å². The number of halogens is 4. The highest BCUT2D eigenvalue weighted by Gasteiger charge is 2.52. The number of alkyl halides is 3. The molecule has 2 aromatic carbocycles. The molecule has 38 heavy (non-hydrogen) atoms. The minimum atomic E-state index is -4.66. The molecule has 3 rings (SSSR count). The lowest BCUT2D eigenvalue weighted by Crippen LogP contribution is -2.47. The molecule has 0 saturated heterocycles. The molecule has 0 bridgehead atoms. The van der Waals surface area contributed by atoms with Crippen molar-refractivity contribution in [2.45, 2.75) is 47.2 Å². The number of carbonyl (C=O) groups is 1. The molecular formula is C27H30ClF3N4O3. The lowest BCUT2D eigenvalue weighted by Gasteiger charge is -2.26. The second kappa shape index (κ2) is 11.1. The summed E-state index contributed by atoms with van der Waals surface area (Å²) in [5.41, 5.74) is -0.804. The Kier molecular flexibility index (Phi) is 8.55. The number of nitrogens with one attached hydrogen (secondary N) is 1. The Morgan fingerprint density at radius 2 is 1.61 bits per heavy atom. The van der Waals surface area contributed by atoms with Crippen LogP contribution >= 0.6 is 11.6 Å². The van der Waals surface area contributed by atoms with Gasteiger partial charge in [0.15, 0.2) is 11.6 Å². The van der Waals surface area contributed by atoms with E-state index in [9.17, 15) is 23.1 Å². The van der Waals surface area contributed by atoms with Crippen molar-refractivity contribution in [3.63, 3.8) is 0 Å². The molecule has 0 aliphatic rings. The number of carbonyl (C=O) groups excluding carboxylic acids is 1. The predicted molar refractivity (Wildman–Crippen MR) is 139 cm³/mol. The van der Waals surface area contributed by atoms with Crippen molar-refractivity contribution in [1.29, 1.82) is 0 Å². The van der Waals surface area contributed by atoms with Gasteiger partial charge in [-0.2, -0.15) is 23.1 Å². The fourth-order valence-electron chi connectivity index (χ4n) is 3.18. The number of aromatic nitrogens is 3. The van der Waals surface area contributed by atoms with E-state index in [2.05, 4.69) is 41.0 Å². The van der Waals surface area contributed by atoms with E-state index in [1.54, 1.807) is 42.5 Å². The molecule has 2 N–H and O–H groups in total. The molecule has 0 saturated carbocycles. The summed E-state index contributed by atoms with van der Waals surface area (Å²) >= 11 is 6.37. The first-order valence-corrected chi connectivity index (χ1v) is 12.3. The Hall–Kier alpha value is -3.40. The van der Waals surface area contributed by atoms with Crippen molar-refractivity contribution in [2.75, 3.05) is 13.2 Å². The maximum absolute atomic E-state index is 13.1. The number of hydrogen-bond acceptors (Lipinski definition) is 6. The van der Waals surface area contributed by atoms with Gasteiger partial charge in [0.1, 0.15) is 11.2 Å². The third-order valence-electron chi connectivity index (χ3n) is 5.66. The van der Waals surface area contributed by atoms with Gasteiger partial charge in [0.05, 0.1) is 11.6 Å². The molecule has 1 heterocycles. The summed E-state index contributed by atoms with van der Waals surface area (Å²) in [6.07, 6.45) is -4.42. The minimum absolute atomic E-state index is 0.00657. The van der Waals surface area contributed by atoms with Gasteiger partial charge in [0.25, 0.3) is 0 Å². The van der Waals surface area contributed by atoms with Crippen LogP contribution in [0, 0.1) is 10.8 Å². The summed E-state index contributed by atoms with van der Waals surface area (Å²) in [6.45, 7) is 8.41. The summed E-state index contributed by atoms with van der Waals surface area (Å²) in [5.74, 6) is -0.0858. The number of nitrogens with zero attached hydrogens (tertiary/aromatic N) is 3. The molecule has 0 atom stereocenters. The van der Waals surface area contributed by atoms with Crippen LogP contribution in [-0.4, -0.2) is 45.3 Å². The Bertz CT molecular complexity index is 1290. The van der Waals surface area contributed by atoms with Crippen molar-refractivity contribution in [1.82, 2.24) is 20.3 Å². The molecule has 0 aliphatic carbocycles. The van der Waals surface area contributed by atoms with Crippen LogP contribution in [0.4, 0.5) is 13.2 Å². The number of aromatic hydroxyl groups is 1. The van der Waals surface area contributed by atoms with Gasteiger partial charge < -0.3 is 15.2 Å². The largest absolute Gasteiger partial charge is 0.493 e. The van der Waals surface area contributed by atoms with Crippen LogP contribution in [0.15, 0.2) is 42.5 Å². The Morgan fingerprint density at radius 3 is 2.21 bits per heavy atom. The standard InChI is InChI=1S/C27H30ClF3N4O3/c1-25(2,3)15-38-18-9-7-17(8-10-18)21-33-22(35-24(37)34-21)19-14-16(6-11-20(19)28)12-13-32-23(36)26(4,5)27(29,30)31/h6-11,14H,12-13,15H2,1-5H3,(H,32,36)(H,33,34,35,37). The highest BCUT2D eigenvalue weighted by Crippen LogP contribution is 2.37. The van der Waals surface area contributed by atoms with E-state index in [4.69, 9.17) is 16.3 Å². The monoisotopic (exact) mass is 550 g/mol. The van der Waals surface area contributed by atoms with Crippen LogP contribution in [0.2, 0.25) is 5.02 Å². The number of benzene rings is 2. The fraction of sp³-hybridized carbons (Fsp3) is 0.407. The van der Waals surface area contributed by atoms with Gasteiger partial charge in [-0.15, -0.1) is 0 Å². The molecule has 0 unspecified atom stereocenters. The lowest BCUT2D eigenvalue weighted by atomic mass is 9.91. The van der Waals surface area contributed by atoms with Gasteiger partial charge in [0, 0.05) is 17.7 Å². The fourth-order valence-corrected chi connectivity index (χ4v) is 3.39. The Balaban J connectivity index is 1.78. The highest BCUT2D eigenvalue weighted by atomic mass is 35.5. The number of ether oxygens (including phenoxy) is 1. The molecule has 7 nitrogen and oxygen atoms in total. The van der Waals surface area contributed by atoms with Gasteiger partial charge in [-0.1, -0.05) is 38.4 Å². The number of hydrogen-bond donors (Lipinski definition) is 2. The first-order chi connectivity index (χ1) is 17.6. The topological polar surface area (TPSA) is 97.2 Å². The third-order valence-corrected chi connectivity index (χ3v) is 5.98. The summed E-state index contributed by atoms with van der Waals surface area (Å²) in [4.78, 5) is 24.5. The average molecular weight is 551 g/mol. The summed E-state index contributed by atoms with van der Waals surface area (Å²) in [6, 6.07) is 11.5. The van der Waals surface area contributed by atoms with Crippen LogP contribution in [0.1, 0.15) is 40.2 Å². The Morgan fingerprint density at radius 1 is 0.974 bits per heavy atom. The molecule has 1 aromatic heterocycles. The SMILES string of the molecule is CC(C)(C)COc1ccc(-c2nc(O)nc(-c3cc(CCNC(=O)C(C)(C)C(F)(F)F)ccc3Cl)n2)cc1. The van der Waals surface area contributed by atoms with E-state index >= 15 is 0 Å². The van der Waals surface area contributed by atoms with E-state index in [0.29, 0.717) is 34.1 Å². The van der Waals surface area contributed by atoms with Crippen LogP contribution < -0.4 is 10.1 Å². The first-order valence-electron chi connectivity index (χ1n) is 11.9. The van der Waals surface area contributed by atoms with Gasteiger partial charge in [-0.25, -0.2) is 4.98 Å². The highest BCUT2D eigenvalue weighted by molar-refractivity contribution is 6.33. The molecule has 0 radical (unpaired) electrons. The van der Waals surface area contributed by atoms with Gasteiger partial charge in [0.2, 0.25) is 5.91 Å². The zero-order valence-corrected chi connectivity index (χ0v) is 22.5. The molecule has 204 valence electrons. The van der Waals surface area contributed by atoms with Crippen LogP contribution in [0.3, 0.4) is 0 Å². The van der Waals surface area contributed by atoms with Crippen molar-refractivity contribution >= 4 is 17.5 Å². The Labute approximate surface area is 224 Å². The van der Waals surface area contributed by atoms with Crippen molar-refractivity contribution in [2.24, 2.45) is 10.8 Å². The smallest absolute Gasteiger partial charge is 0.402 e. The second-order valence-electron chi connectivity index (χ2n) is 10.6. The van der Waals surface area contributed by atoms with E-state index < -0.39 is 23.5 Å². The lowest BCUT2D eigenvalue weighted by molar-refractivity contribution is -0.211. The van der Waals surface area contributed by atoms with E-state index in [0.717, 1.165) is 13.8 Å². The van der Waals surface area contributed by atoms with Crippen molar-refractivity contribution in [3.8, 4) is 34.5 Å². The van der Waals surface area contributed by atoms with Gasteiger partial charge in [-0.05, 0) is 67.6 Å². The van der Waals surface area contributed by atoms with E-state index in [1.807, 2.05) is 0 Å². The summed E-state index contributed by atoms with van der Waals surface area (Å²) < 4.78 is 45.0. The van der Waals surface area contributed by atoms with Crippen molar-refractivity contribution < 1.29 is 27.8 Å². The number of amides is 1. The second-order valence-corrected chi connectivity index (χ2v) is 11.0. The number of rotatable bonds is 8. The normalized spacial score (nSPS) is 12.3. The third kappa shape index (κ3) is 7.34. The van der Waals surface area contributed by atoms with Crippen LogP contribution in [0.5, 0.6) is 11.8 Å². The predicted octanol–water partition coefficient (Wildman–Crippen LogP) is 6.24. The van der Waals surface area contributed by atoms with Gasteiger partial charge in [-0.3, -0.25) is 4.79 Å². The van der Waals surface area contributed by atoms with E-state index in [1.165, 1.54) is 0 Å². The summed E-state index contributed by atoms with van der Waals surface area (Å²) in [5, 5.41) is 12.8. The quantitative estimate of drug-likeness (QED) is 0.345. The van der Waals surface area contributed by atoms with E-state index in [-0.39, 0.29) is 30.0 Å². The molecule has 0 fully saturated rings. The molecule has 0 spiro atoms. The minimum Gasteiger partial charge on any atom is -0.493 e. The molecule has 1 amide bonds. The average Bonchev–Trinajstić information content (AvgIpc) is 2.82. The van der Waals surface area contributed by atoms with Crippen molar-refractivity contribution in [3.05, 3.63) is 53.1 Å². The van der Waals surface area contributed by atoms with Crippen LogP contribution in [0.25, 0.3) is 22.8 Å². The molecule has 0 aliphatic heterocycles.